The van der Waals surface area contributed by atoms with Crippen LogP contribution in [0, 0.1) is 5.82 Å². The minimum atomic E-state index is -4.78. The fraction of sp³-hybridized carbons (Fsp3) is 0.111. The van der Waals surface area contributed by atoms with E-state index < -0.39 is 45.6 Å². The number of hydrogen-bond donors (Lipinski definition) is 2. The van der Waals surface area contributed by atoms with Gasteiger partial charge in [0.15, 0.2) is 5.13 Å². The van der Waals surface area contributed by atoms with E-state index in [-0.39, 0.29) is 15.6 Å². The predicted molar refractivity (Wildman–Crippen MR) is 102 cm³/mol. The van der Waals surface area contributed by atoms with E-state index in [1.807, 2.05) is 0 Å². The number of nitrogens with one attached hydrogen (secondary N) is 2. The van der Waals surface area contributed by atoms with Gasteiger partial charge < -0.3 is 5.32 Å². The van der Waals surface area contributed by atoms with Gasteiger partial charge in [0.25, 0.3) is 15.9 Å². The molecule has 12 heteroatoms. The number of rotatable bonds is 6. The molecule has 0 radical (unpaired) electrons. The summed E-state index contributed by atoms with van der Waals surface area (Å²) in [7, 11) is -3.92. The third-order valence-electron chi connectivity index (χ3n) is 3.93. The van der Waals surface area contributed by atoms with Crippen molar-refractivity contribution in [1.29, 1.82) is 0 Å². The number of nitrogens with zero attached hydrogens (tertiary/aromatic N) is 1. The lowest BCUT2D eigenvalue weighted by atomic mass is 10.1. The van der Waals surface area contributed by atoms with Crippen molar-refractivity contribution in [2.45, 2.75) is 17.6 Å². The molecular formula is C18H13F4N3O3S2. The van der Waals surface area contributed by atoms with Crippen molar-refractivity contribution < 1.29 is 30.8 Å². The molecule has 0 atom stereocenters. The molecule has 0 saturated carbocycles. The monoisotopic (exact) mass is 459 g/mol. The minimum Gasteiger partial charge on any atom is -0.348 e. The number of anilines is 1. The van der Waals surface area contributed by atoms with E-state index in [4.69, 9.17) is 0 Å². The molecule has 3 aromatic rings. The summed E-state index contributed by atoms with van der Waals surface area (Å²) < 4.78 is 79.7. The van der Waals surface area contributed by atoms with Gasteiger partial charge in [-0.15, -0.1) is 11.3 Å². The molecule has 0 unspecified atom stereocenters. The van der Waals surface area contributed by atoms with E-state index in [9.17, 15) is 30.8 Å². The van der Waals surface area contributed by atoms with Crippen LogP contribution < -0.4 is 10.0 Å². The van der Waals surface area contributed by atoms with E-state index >= 15 is 0 Å². The smallest absolute Gasteiger partial charge is 0.348 e. The number of aromatic nitrogens is 1. The van der Waals surface area contributed by atoms with Crippen LogP contribution in [0.2, 0.25) is 0 Å². The molecule has 1 heterocycles. The highest BCUT2D eigenvalue weighted by molar-refractivity contribution is 7.93. The fourth-order valence-electron chi connectivity index (χ4n) is 2.51. The first-order valence-electron chi connectivity index (χ1n) is 8.23. The highest BCUT2D eigenvalue weighted by Crippen LogP contribution is 2.33. The van der Waals surface area contributed by atoms with Crippen LogP contribution in [0.5, 0.6) is 0 Å². The average molecular weight is 459 g/mol. The van der Waals surface area contributed by atoms with Gasteiger partial charge in [0.2, 0.25) is 0 Å². The van der Waals surface area contributed by atoms with Crippen molar-refractivity contribution in [3.8, 4) is 0 Å². The summed E-state index contributed by atoms with van der Waals surface area (Å²) in [5.74, 6) is -1.89. The Morgan fingerprint density at radius 3 is 2.40 bits per heavy atom. The topological polar surface area (TPSA) is 88.2 Å². The summed E-state index contributed by atoms with van der Waals surface area (Å²) in [5.41, 5.74) is -1.88. The number of hydrogen-bond acceptors (Lipinski definition) is 5. The first-order valence-corrected chi connectivity index (χ1v) is 10.6. The van der Waals surface area contributed by atoms with Crippen molar-refractivity contribution in [2.75, 3.05) is 4.72 Å². The third kappa shape index (κ3) is 4.94. The predicted octanol–water partition coefficient (Wildman–Crippen LogP) is 4.03. The second kappa shape index (κ2) is 8.40. The van der Waals surface area contributed by atoms with E-state index in [0.29, 0.717) is 0 Å². The van der Waals surface area contributed by atoms with E-state index in [1.165, 1.54) is 18.3 Å². The molecule has 3 rings (SSSR count). The molecular weight excluding hydrogens is 446 g/mol. The van der Waals surface area contributed by atoms with Crippen LogP contribution in [0.1, 0.15) is 21.5 Å². The molecule has 0 aliphatic rings. The van der Waals surface area contributed by atoms with Crippen molar-refractivity contribution >= 4 is 32.4 Å². The van der Waals surface area contributed by atoms with Gasteiger partial charge in [0.05, 0.1) is 10.5 Å². The van der Waals surface area contributed by atoms with Gasteiger partial charge >= 0.3 is 6.18 Å². The summed E-state index contributed by atoms with van der Waals surface area (Å²) in [4.78, 5) is 15.9. The number of alkyl halides is 3. The Kier molecular flexibility index (Phi) is 6.08. The molecule has 0 aliphatic carbocycles. The largest absolute Gasteiger partial charge is 0.416 e. The lowest BCUT2D eigenvalue weighted by Crippen LogP contribution is -2.25. The summed E-state index contributed by atoms with van der Waals surface area (Å²) in [5, 5.41) is 3.97. The van der Waals surface area contributed by atoms with Crippen LogP contribution in [-0.2, 0) is 22.7 Å². The van der Waals surface area contributed by atoms with Gasteiger partial charge in [-0.1, -0.05) is 6.07 Å². The highest BCUT2D eigenvalue weighted by Gasteiger charge is 2.34. The summed E-state index contributed by atoms with van der Waals surface area (Å²) in [6.45, 7) is -0.688. The molecule has 2 N–H and O–H groups in total. The Hall–Kier alpha value is -2.99. The molecule has 0 saturated heterocycles. The van der Waals surface area contributed by atoms with Gasteiger partial charge in [0.1, 0.15) is 5.82 Å². The third-order valence-corrected chi connectivity index (χ3v) is 6.10. The second-order valence-electron chi connectivity index (χ2n) is 5.91. The van der Waals surface area contributed by atoms with Crippen molar-refractivity contribution in [3.05, 3.63) is 76.5 Å². The molecule has 158 valence electrons. The maximum atomic E-state index is 13.8. The minimum absolute atomic E-state index is 0.00639. The maximum Gasteiger partial charge on any atom is 0.416 e. The quantitative estimate of drug-likeness (QED) is 0.545. The Balaban J connectivity index is 1.72. The van der Waals surface area contributed by atoms with Crippen LogP contribution in [0.25, 0.3) is 0 Å². The number of sulfonamides is 1. The van der Waals surface area contributed by atoms with E-state index in [2.05, 4.69) is 15.0 Å². The van der Waals surface area contributed by atoms with Gasteiger partial charge in [-0.2, -0.15) is 13.2 Å². The van der Waals surface area contributed by atoms with Gasteiger partial charge in [0, 0.05) is 29.2 Å². The first kappa shape index (κ1) is 21.7. The van der Waals surface area contributed by atoms with Gasteiger partial charge in [-0.25, -0.2) is 17.8 Å². The lowest BCUT2D eigenvalue weighted by Gasteiger charge is -2.14. The summed E-state index contributed by atoms with van der Waals surface area (Å²) in [6, 6.07) is 7.23. The number of carbonyl (C=O) groups is 1. The van der Waals surface area contributed by atoms with Crippen molar-refractivity contribution in [2.24, 2.45) is 0 Å². The molecule has 0 aliphatic heterocycles. The van der Waals surface area contributed by atoms with Crippen molar-refractivity contribution in [1.82, 2.24) is 10.3 Å². The molecule has 2 aromatic carbocycles. The molecule has 1 aromatic heterocycles. The normalized spacial score (nSPS) is 11.9. The zero-order chi connectivity index (χ0) is 21.9. The maximum absolute atomic E-state index is 13.8. The Bertz CT molecular complexity index is 1150. The second-order valence-corrected chi connectivity index (χ2v) is 8.49. The molecule has 1 amide bonds. The number of halogens is 4. The van der Waals surface area contributed by atoms with Gasteiger partial charge in [-0.05, 0) is 36.4 Å². The highest BCUT2D eigenvalue weighted by atomic mass is 32.2. The molecule has 0 spiro atoms. The number of carbonyl (C=O) groups excluding carboxylic acids is 1. The average Bonchev–Trinajstić information content (AvgIpc) is 3.18. The van der Waals surface area contributed by atoms with Crippen LogP contribution in [0.4, 0.5) is 22.7 Å². The number of thiazole rings is 1. The molecule has 0 fully saturated rings. The summed E-state index contributed by atoms with van der Waals surface area (Å²) in [6.07, 6.45) is -3.35. The van der Waals surface area contributed by atoms with E-state index in [1.54, 1.807) is 5.38 Å². The lowest BCUT2D eigenvalue weighted by molar-refractivity contribution is -0.138. The summed E-state index contributed by atoms with van der Waals surface area (Å²) >= 11 is 1.08. The molecule has 0 bridgehead atoms. The number of benzene rings is 2. The van der Waals surface area contributed by atoms with Crippen LogP contribution in [0.15, 0.2) is 58.9 Å². The molecule has 6 nitrogen and oxygen atoms in total. The van der Waals surface area contributed by atoms with Crippen LogP contribution in [-0.4, -0.2) is 19.3 Å². The number of amides is 1. The van der Waals surface area contributed by atoms with Crippen molar-refractivity contribution in [3.63, 3.8) is 0 Å². The Morgan fingerprint density at radius 2 is 1.80 bits per heavy atom. The fourth-order valence-corrected chi connectivity index (χ4v) is 4.30. The SMILES string of the molecule is O=C(NCc1c(F)cccc1C(F)(F)F)c1ccc(S(=O)(=O)Nc2nccs2)cc1. The van der Waals surface area contributed by atoms with E-state index in [0.717, 1.165) is 41.7 Å². The zero-order valence-electron chi connectivity index (χ0n) is 14.9. The van der Waals surface area contributed by atoms with Crippen LogP contribution >= 0.6 is 11.3 Å². The zero-order valence-corrected chi connectivity index (χ0v) is 16.5. The Morgan fingerprint density at radius 1 is 1.10 bits per heavy atom. The molecule has 30 heavy (non-hydrogen) atoms. The Labute approximate surface area is 172 Å². The first-order chi connectivity index (χ1) is 14.1. The van der Waals surface area contributed by atoms with Gasteiger partial charge in [-0.3, -0.25) is 9.52 Å². The van der Waals surface area contributed by atoms with Crippen LogP contribution in [0.3, 0.4) is 0 Å². The standard InChI is InChI=1S/C18H13F4N3O3S2/c19-15-3-1-2-14(18(20,21)22)13(15)10-24-16(26)11-4-6-12(7-5-11)30(27,28)25-17-23-8-9-29-17/h1-9H,10H2,(H,23,25)(H,24,26).